The van der Waals surface area contributed by atoms with Crippen LogP contribution in [0.4, 0.5) is 11.4 Å². The molecular weight excluding hydrogens is 434 g/mol. The molecule has 0 aliphatic carbocycles. The van der Waals surface area contributed by atoms with Gasteiger partial charge in [-0.15, -0.1) is 0 Å². The summed E-state index contributed by atoms with van der Waals surface area (Å²) in [5.74, 6) is -1.36. The number of hydrogen-bond donors (Lipinski definition) is 2. The highest BCUT2D eigenvalue weighted by atomic mass is 32.2. The van der Waals surface area contributed by atoms with Crippen molar-refractivity contribution < 1.29 is 14.4 Å². The number of hydrogen-bond acceptors (Lipinski definition) is 5. The topological polar surface area (TPSA) is 78.5 Å². The Morgan fingerprint density at radius 3 is 2.55 bits per heavy atom. The molecule has 4 atom stereocenters. The fourth-order valence-electron chi connectivity index (χ4n) is 5.89. The minimum absolute atomic E-state index is 0.228. The van der Waals surface area contributed by atoms with Crippen molar-refractivity contribution in [1.82, 2.24) is 5.32 Å². The van der Waals surface area contributed by atoms with Gasteiger partial charge in [0.25, 0.3) is 0 Å². The van der Waals surface area contributed by atoms with Gasteiger partial charge in [-0.25, -0.2) is 4.90 Å². The number of carbonyl (C=O) groups is 3. The Bertz CT molecular complexity index is 1320. The highest BCUT2D eigenvalue weighted by Crippen LogP contribution is 2.54. The zero-order chi connectivity index (χ0) is 22.7. The Kier molecular flexibility index (Phi) is 4.61. The van der Waals surface area contributed by atoms with Gasteiger partial charge < -0.3 is 5.32 Å². The molecule has 3 amide bonds. The van der Waals surface area contributed by atoms with Gasteiger partial charge in [0, 0.05) is 22.7 Å². The number of amides is 3. The van der Waals surface area contributed by atoms with Gasteiger partial charge in [-0.2, -0.15) is 11.8 Å². The van der Waals surface area contributed by atoms with Gasteiger partial charge in [-0.3, -0.25) is 19.7 Å². The molecular formula is C26H23N3O3S. The maximum absolute atomic E-state index is 14.1. The largest absolute Gasteiger partial charge is 0.324 e. The van der Waals surface area contributed by atoms with Crippen LogP contribution in [-0.2, 0) is 19.9 Å². The summed E-state index contributed by atoms with van der Waals surface area (Å²) in [6.45, 7) is 0. The van der Waals surface area contributed by atoms with Gasteiger partial charge in [0.2, 0.25) is 17.7 Å². The van der Waals surface area contributed by atoms with Gasteiger partial charge in [0.15, 0.2) is 0 Å². The summed E-state index contributed by atoms with van der Waals surface area (Å²) in [6.07, 6.45) is 2.71. The van der Waals surface area contributed by atoms with Crippen LogP contribution in [0.5, 0.6) is 0 Å². The molecule has 2 fully saturated rings. The highest BCUT2D eigenvalue weighted by Gasteiger charge is 2.70. The van der Waals surface area contributed by atoms with Crippen LogP contribution in [0.1, 0.15) is 12.0 Å². The predicted octanol–water partition coefficient (Wildman–Crippen LogP) is 3.52. The molecule has 0 aromatic heterocycles. The van der Waals surface area contributed by atoms with Crippen molar-refractivity contribution in [2.45, 2.75) is 18.0 Å². The van der Waals surface area contributed by atoms with E-state index in [1.54, 1.807) is 11.8 Å². The lowest BCUT2D eigenvalue weighted by Crippen LogP contribution is -2.53. The number of anilines is 2. The summed E-state index contributed by atoms with van der Waals surface area (Å²) in [5, 5.41) is 8.25. The summed E-state index contributed by atoms with van der Waals surface area (Å²) >= 11 is 1.69. The highest BCUT2D eigenvalue weighted by molar-refractivity contribution is 7.98. The van der Waals surface area contributed by atoms with Crippen molar-refractivity contribution in [2.75, 3.05) is 22.2 Å². The second kappa shape index (κ2) is 7.43. The molecule has 6 rings (SSSR count). The van der Waals surface area contributed by atoms with E-state index in [0.29, 0.717) is 17.8 Å². The quantitative estimate of drug-likeness (QED) is 0.586. The first-order valence-corrected chi connectivity index (χ1v) is 12.5. The van der Waals surface area contributed by atoms with E-state index in [0.717, 1.165) is 22.1 Å². The summed E-state index contributed by atoms with van der Waals surface area (Å²) in [4.78, 5) is 42.8. The average molecular weight is 458 g/mol. The normalized spacial score (nSPS) is 28.0. The molecule has 166 valence electrons. The lowest BCUT2D eigenvalue weighted by Gasteiger charge is -2.29. The zero-order valence-corrected chi connectivity index (χ0v) is 18.9. The van der Waals surface area contributed by atoms with Crippen molar-refractivity contribution in [3.63, 3.8) is 0 Å². The van der Waals surface area contributed by atoms with E-state index in [1.165, 1.54) is 4.90 Å². The number of rotatable bonds is 4. The zero-order valence-electron chi connectivity index (χ0n) is 18.1. The third kappa shape index (κ3) is 2.69. The molecule has 2 N–H and O–H groups in total. The molecule has 7 heteroatoms. The van der Waals surface area contributed by atoms with E-state index in [9.17, 15) is 14.4 Å². The standard InChI is InChI=1S/C26H23N3O3S/c1-33-14-13-19-21-22(26(28-19)17-10-4-5-11-18(17)27-25(26)32)24(31)29(23(21)30)20-12-6-8-15-7-2-3-9-16(15)20/h2-12,19,21-22,28H,13-14H2,1H3,(H,27,32)/t19-,21+,22+,26+/m1/s1. The Morgan fingerprint density at radius 1 is 0.939 bits per heavy atom. The molecule has 0 unspecified atom stereocenters. The smallest absolute Gasteiger partial charge is 0.250 e. The molecule has 6 nitrogen and oxygen atoms in total. The van der Waals surface area contributed by atoms with Crippen molar-refractivity contribution >= 4 is 51.6 Å². The first kappa shape index (κ1) is 20.4. The molecule has 1 spiro atoms. The van der Waals surface area contributed by atoms with Crippen molar-refractivity contribution in [3.8, 4) is 0 Å². The van der Waals surface area contributed by atoms with Crippen LogP contribution in [0.3, 0.4) is 0 Å². The van der Waals surface area contributed by atoms with Crippen LogP contribution >= 0.6 is 11.8 Å². The summed E-state index contributed by atoms with van der Waals surface area (Å²) in [7, 11) is 0. The maximum Gasteiger partial charge on any atom is 0.250 e. The van der Waals surface area contributed by atoms with E-state index in [1.807, 2.05) is 73.0 Å². The van der Waals surface area contributed by atoms with Crippen molar-refractivity contribution in [3.05, 3.63) is 72.3 Å². The van der Waals surface area contributed by atoms with E-state index in [2.05, 4.69) is 10.6 Å². The SMILES string of the molecule is CSCC[C@H]1N[C@]2(C(=O)Nc3ccccc32)[C@@H]2C(=O)N(c3cccc4ccccc34)C(=O)[C@H]21. The van der Waals surface area contributed by atoms with Crippen LogP contribution in [0.25, 0.3) is 10.8 Å². The van der Waals surface area contributed by atoms with Gasteiger partial charge in [0.05, 0.1) is 17.5 Å². The third-order valence-electron chi connectivity index (χ3n) is 7.26. The van der Waals surface area contributed by atoms with E-state index in [-0.39, 0.29) is 23.8 Å². The second-order valence-electron chi connectivity index (χ2n) is 8.85. The molecule has 0 saturated carbocycles. The maximum atomic E-state index is 14.1. The molecule has 3 heterocycles. The molecule has 3 aliphatic rings. The minimum Gasteiger partial charge on any atom is -0.324 e. The summed E-state index contributed by atoms with van der Waals surface area (Å²) in [5.41, 5.74) is 0.791. The average Bonchev–Trinajstić information content (AvgIpc) is 3.42. The van der Waals surface area contributed by atoms with Gasteiger partial charge in [-0.1, -0.05) is 54.6 Å². The Labute approximate surface area is 195 Å². The number of imide groups is 1. The lowest BCUT2D eigenvalue weighted by atomic mass is 9.76. The first-order chi connectivity index (χ1) is 16.1. The van der Waals surface area contributed by atoms with Crippen LogP contribution in [0, 0.1) is 11.8 Å². The number of nitrogens with one attached hydrogen (secondary N) is 2. The molecule has 3 aromatic rings. The lowest BCUT2D eigenvalue weighted by molar-refractivity contribution is -0.130. The number of para-hydroxylation sites is 1. The van der Waals surface area contributed by atoms with E-state index in [4.69, 9.17) is 0 Å². The van der Waals surface area contributed by atoms with Crippen LogP contribution in [-0.4, -0.2) is 35.8 Å². The van der Waals surface area contributed by atoms with Gasteiger partial charge in [-0.05, 0) is 35.9 Å². The van der Waals surface area contributed by atoms with Crippen LogP contribution in [0.15, 0.2) is 66.7 Å². The molecule has 33 heavy (non-hydrogen) atoms. The molecule has 3 aromatic carbocycles. The third-order valence-corrected chi connectivity index (χ3v) is 7.91. The Morgan fingerprint density at radius 2 is 1.70 bits per heavy atom. The van der Waals surface area contributed by atoms with E-state index < -0.39 is 17.4 Å². The fraction of sp³-hybridized carbons (Fsp3) is 0.269. The Hall–Kier alpha value is -3.16. The minimum atomic E-state index is -1.24. The van der Waals surface area contributed by atoms with Crippen LogP contribution in [0.2, 0.25) is 0 Å². The van der Waals surface area contributed by atoms with E-state index >= 15 is 0 Å². The number of fused-ring (bicyclic) bond motifs is 5. The van der Waals surface area contributed by atoms with Crippen molar-refractivity contribution in [2.24, 2.45) is 11.8 Å². The number of nitrogens with zero attached hydrogens (tertiary/aromatic N) is 1. The van der Waals surface area contributed by atoms with Crippen molar-refractivity contribution in [1.29, 1.82) is 0 Å². The number of benzene rings is 3. The molecule has 0 bridgehead atoms. The number of carbonyl (C=O) groups excluding carboxylic acids is 3. The summed E-state index contributed by atoms with van der Waals surface area (Å²) < 4.78 is 0. The molecule has 2 saturated heterocycles. The Balaban J connectivity index is 1.53. The van der Waals surface area contributed by atoms with Gasteiger partial charge in [0.1, 0.15) is 5.54 Å². The first-order valence-electron chi connectivity index (χ1n) is 11.1. The van der Waals surface area contributed by atoms with Gasteiger partial charge >= 0.3 is 0 Å². The summed E-state index contributed by atoms with van der Waals surface area (Å²) in [6, 6.07) is 20.6. The predicted molar refractivity (Wildman–Crippen MR) is 130 cm³/mol. The molecule has 3 aliphatic heterocycles. The molecule has 0 radical (unpaired) electrons. The van der Waals surface area contributed by atoms with Crippen LogP contribution < -0.4 is 15.5 Å². The second-order valence-corrected chi connectivity index (χ2v) is 9.84. The monoisotopic (exact) mass is 457 g/mol. The number of thioether (sulfide) groups is 1. The fourth-order valence-corrected chi connectivity index (χ4v) is 6.38.